The Kier molecular flexibility index (Phi) is 5.52. The first-order valence-electron chi connectivity index (χ1n) is 8.56. The molecule has 132 valence electrons. The fourth-order valence-electron chi connectivity index (χ4n) is 3.22. The summed E-state index contributed by atoms with van der Waals surface area (Å²) in [5.41, 5.74) is 0. The van der Waals surface area contributed by atoms with Crippen LogP contribution in [-0.2, 0) is 20.9 Å². The van der Waals surface area contributed by atoms with Gasteiger partial charge in [-0.2, -0.15) is 0 Å². The van der Waals surface area contributed by atoms with Gasteiger partial charge >= 0.3 is 0 Å². The summed E-state index contributed by atoms with van der Waals surface area (Å²) in [5.74, 6) is 1.46. The predicted molar refractivity (Wildman–Crippen MR) is 87.3 cm³/mol. The zero-order valence-corrected chi connectivity index (χ0v) is 14.1. The van der Waals surface area contributed by atoms with Crippen molar-refractivity contribution in [2.24, 2.45) is 0 Å². The summed E-state index contributed by atoms with van der Waals surface area (Å²) in [5, 5.41) is 2.97. The van der Waals surface area contributed by atoms with E-state index in [4.69, 9.17) is 9.15 Å². The minimum absolute atomic E-state index is 0.0115. The third-order valence-corrected chi connectivity index (χ3v) is 4.58. The molecule has 7 heteroatoms. The number of furan rings is 1. The van der Waals surface area contributed by atoms with E-state index in [0.29, 0.717) is 31.7 Å². The highest BCUT2D eigenvalue weighted by molar-refractivity contribution is 5.90. The zero-order chi connectivity index (χ0) is 16.9. The number of rotatable bonds is 6. The first kappa shape index (κ1) is 17.0. The maximum Gasteiger partial charge on any atom is 0.242 e. The number of likely N-dealkylation sites (tertiary alicyclic amines) is 1. The van der Waals surface area contributed by atoms with E-state index in [9.17, 15) is 9.59 Å². The number of hydrogen-bond donors (Lipinski definition) is 1. The number of amides is 2. The van der Waals surface area contributed by atoms with Crippen molar-refractivity contribution in [1.82, 2.24) is 15.1 Å². The van der Waals surface area contributed by atoms with Crippen molar-refractivity contribution in [2.75, 3.05) is 39.4 Å². The molecule has 1 aromatic heterocycles. The second kappa shape index (κ2) is 7.81. The minimum atomic E-state index is -0.396. The fourth-order valence-corrected chi connectivity index (χ4v) is 3.22. The summed E-state index contributed by atoms with van der Waals surface area (Å²) >= 11 is 0. The van der Waals surface area contributed by atoms with Gasteiger partial charge in [-0.25, -0.2) is 0 Å². The van der Waals surface area contributed by atoms with Crippen LogP contribution in [0.5, 0.6) is 0 Å². The Morgan fingerprint density at radius 3 is 2.83 bits per heavy atom. The monoisotopic (exact) mass is 335 g/mol. The molecule has 2 aliphatic heterocycles. The summed E-state index contributed by atoms with van der Waals surface area (Å²) in [6, 6.07) is 3.33. The Hall–Kier alpha value is -1.86. The number of nitrogens with zero attached hydrogens (tertiary/aromatic N) is 2. The number of morpholine rings is 1. The van der Waals surface area contributed by atoms with Crippen LogP contribution >= 0.6 is 0 Å². The van der Waals surface area contributed by atoms with Gasteiger partial charge in [0.2, 0.25) is 11.8 Å². The summed E-state index contributed by atoms with van der Waals surface area (Å²) in [6.45, 7) is 6.94. The van der Waals surface area contributed by atoms with Gasteiger partial charge in [0.05, 0.1) is 19.8 Å². The van der Waals surface area contributed by atoms with E-state index < -0.39 is 6.04 Å². The Morgan fingerprint density at radius 2 is 2.12 bits per heavy atom. The molecule has 3 heterocycles. The molecule has 1 N–H and O–H groups in total. The quantitative estimate of drug-likeness (QED) is 0.821. The first-order valence-corrected chi connectivity index (χ1v) is 8.56. The number of aryl methyl sites for hydroxylation is 1. The highest BCUT2D eigenvalue weighted by atomic mass is 16.5. The number of carbonyl (C=O) groups excluding carboxylic acids is 2. The summed E-state index contributed by atoms with van der Waals surface area (Å²) < 4.78 is 10.8. The van der Waals surface area contributed by atoms with Gasteiger partial charge in [0.15, 0.2) is 0 Å². The van der Waals surface area contributed by atoms with Gasteiger partial charge in [0.25, 0.3) is 0 Å². The minimum Gasteiger partial charge on any atom is -0.464 e. The molecule has 2 saturated heterocycles. The summed E-state index contributed by atoms with van der Waals surface area (Å²) in [7, 11) is 0. The van der Waals surface area contributed by atoms with Gasteiger partial charge in [-0.3, -0.25) is 14.5 Å². The zero-order valence-electron chi connectivity index (χ0n) is 14.1. The second-order valence-corrected chi connectivity index (χ2v) is 6.33. The van der Waals surface area contributed by atoms with Crippen LogP contribution in [0.2, 0.25) is 0 Å². The highest BCUT2D eigenvalue weighted by Gasteiger charge is 2.36. The van der Waals surface area contributed by atoms with E-state index in [1.807, 2.05) is 19.1 Å². The second-order valence-electron chi connectivity index (χ2n) is 6.33. The van der Waals surface area contributed by atoms with Crippen molar-refractivity contribution in [2.45, 2.75) is 32.4 Å². The molecule has 0 saturated carbocycles. The average molecular weight is 335 g/mol. The lowest BCUT2D eigenvalue weighted by molar-refractivity contribution is -0.136. The lowest BCUT2D eigenvalue weighted by atomic mass is 10.2. The molecule has 0 unspecified atom stereocenters. The number of hydrogen-bond acceptors (Lipinski definition) is 5. The molecule has 2 aliphatic rings. The lowest BCUT2D eigenvalue weighted by Gasteiger charge is -2.27. The van der Waals surface area contributed by atoms with Gasteiger partial charge in [0.1, 0.15) is 17.6 Å². The summed E-state index contributed by atoms with van der Waals surface area (Å²) in [4.78, 5) is 28.5. The SMILES string of the molecule is Cc1ccc(CN2C(=O)CC[C@@H]2C(=O)NCCN2CCOCC2)o1. The number of carbonyl (C=O) groups is 2. The topological polar surface area (TPSA) is 75.0 Å². The van der Waals surface area contributed by atoms with Gasteiger partial charge < -0.3 is 19.4 Å². The molecule has 0 aliphatic carbocycles. The van der Waals surface area contributed by atoms with Crippen LogP contribution in [0.15, 0.2) is 16.5 Å². The van der Waals surface area contributed by atoms with E-state index in [-0.39, 0.29) is 11.8 Å². The number of nitrogens with one attached hydrogen (secondary N) is 1. The third kappa shape index (κ3) is 4.15. The molecule has 0 spiro atoms. The van der Waals surface area contributed by atoms with E-state index in [1.165, 1.54) is 0 Å². The number of ether oxygens (including phenoxy) is 1. The molecule has 0 aromatic carbocycles. The Morgan fingerprint density at radius 1 is 1.33 bits per heavy atom. The highest BCUT2D eigenvalue weighted by Crippen LogP contribution is 2.22. The van der Waals surface area contributed by atoms with Crippen LogP contribution in [0.25, 0.3) is 0 Å². The molecule has 2 amide bonds. The van der Waals surface area contributed by atoms with Gasteiger partial charge in [-0.05, 0) is 25.5 Å². The van der Waals surface area contributed by atoms with Crippen molar-refractivity contribution in [3.8, 4) is 0 Å². The first-order chi connectivity index (χ1) is 11.6. The van der Waals surface area contributed by atoms with Crippen LogP contribution < -0.4 is 5.32 Å². The van der Waals surface area contributed by atoms with Gasteiger partial charge in [-0.15, -0.1) is 0 Å². The van der Waals surface area contributed by atoms with E-state index in [1.54, 1.807) is 4.90 Å². The normalized spacial score (nSPS) is 22.1. The van der Waals surface area contributed by atoms with Crippen LogP contribution in [0.1, 0.15) is 24.4 Å². The molecule has 7 nitrogen and oxygen atoms in total. The predicted octanol–water partition coefficient (Wildman–Crippen LogP) is 0.527. The van der Waals surface area contributed by atoms with Gasteiger partial charge in [-0.1, -0.05) is 0 Å². The average Bonchev–Trinajstić information content (AvgIpc) is 3.15. The molecule has 0 bridgehead atoms. The standard InChI is InChI=1S/C17H25N3O4/c1-13-2-3-14(24-13)12-20-15(4-5-16(20)21)17(22)18-6-7-19-8-10-23-11-9-19/h2-3,15H,4-12H2,1H3,(H,18,22)/t15-/m1/s1. The largest absolute Gasteiger partial charge is 0.464 e. The van der Waals surface area contributed by atoms with Crippen LogP contribution in [0, 0.1) is 6.92 Å². The van der Waals surface area contributed by atoms with Crippen LogP contribution in [0.3, 0.4) is 0 Å². The molecule has 1 aromatic rings. The van der Waals surface area contributed by atoms with Crippen molar-refractivity contribution >= 4 is 11.8 Å². The Labute approximate surface area is 141 Å². The maximum absolute atomic E-state index is 12.5. The van der Waals surface area contributed by atoms with Gasteiger partial charge in [0, 0.05) is 32.6 Å². The molecule has 0 radical (unpaired) electrons. The molecule has 2 fully saturated rings. The van der Waals surface area contributed by atoms with E-state index in [0.717, 1.165) is 38.6 Å². The Balaban J connectivity index is 1.49. The molecule has 1 atom stereocenters. The molecule has 24 heavy (non-hydrogen) atoms. The van der Waals surface area contributed by atoms with Crippen molar-refractivity contribution in [3.05, 3.63) is 23.7 Å². The third-order valence-electron chi connectivity index (χ3n) is 4.58. The van der Waals surface area contributed by atoms with E-state index in [2.05, 4.69) is 10.2 Å². The van der Waals surface area contributed by atoms with Crippen molar-refractivity contribution < 1.29 is 18.7 Å². The van der Waals surface area contributed by atoms with E-state index >= 15 is 0 Å². The molecular weight excluding hydrogens is 310 g/mol. The van der Waals surface area contributed by atoms with Crippen LogP contribution in [0.4, 0.5) is 0 Å². The lowest BCUT2D eigenvalue weighted by Crippen LogP contribution is -2.47. The van der Waals surface area contributed by atoms with Crippen LogP contribution in [-0.4, -0.2) is 67.0 Å². The Bertz CT molecular complexity index is 580. The van der Waals surface area contributed by atoms with Crippen molar-refractivity contribution in [3.63, 3.8) is 0 Å². The smallest absolute Gasteiger partial charge is 0.242 e. The fraction of sp³-hybridized carbons (Fsp3) is 0.647. The molecule has 3 rings (SSSR count). The maximum atomic E-state index is 12.5. The molecular formula is C17H25N3O4. The summed E-state index contributed by atoms with van der Waals surface area (Å²) in [6.07, 6.45) is 0.989. The van der Waals surface area contributed by atoms with Crippen molar-refractivity contribution in [1.29, 1.82) is 0 Å².